The van der Waals surface area contributed by atoms with Crippen molar-refractivity contribution >= 4 is 23.5 Å². The van der Waals surface area contributed by atoms with Gasteiger partial charge in [0.25, 0.3) is 0 Å². The number of allylic oxidation sites excluding steroid dienone is 2. The predicted octanol–water partition coefficient (Wildman–Crippen LogP) is 5.24. The van der Waals surface area contributed by atoms with E-state index in [1.54, 1.807) is 12.1 Å². The molecule has 1 atom stereocenters. The standard InChI is InChI=1S/C23H24FN3O/c1-2-23-11-10-19(28)13-16(23)4-3-5-21-20(23)12-15(14-25)22(27-21)26-18-8-6-17(24)7-9-18/h6-9,12-14,25H,2-5,10-11H2,1H3,(H,26,27). The summed E-state index contributed by atoms with van der Waals surface area (Å²) in [7, 11) is 0. The average molecular weight is 377 g/mol. The molecule has 28 heavy (non-hydrogen) atoms. The van der Waals surface area contributed by atoms with Crippen molar-refractivity contribution in [3.8, 4) is 0 Å². The number of aryl methyl sites for hydroxylation is 1. The molecule has 2 aromatic rings. The lowest BCUT2D eigenvalue weighted by molar-refractivity contribution is -0.115. The van der Waals surface area contributed by atoms with E-state index in [0.717, 1.165) is 49.0 Å². The van der Waals surface area contributed by atoms with Gasteiger partial charge in [0, 0.05) is 35.0 Å². The zero-order valence-corrected chi connectivity index (χ0v) is 16.0. The van der Waals surface area contributed by atoms with Gasteiger partial charge >= 0.3 is 0 Å². The minimum absolute atomic E-state index is 0.154. The van der Waals surface area contributed by atoms with Crippen molar-refractivity contribution in [2.75, 3.05) is 5.32 Å². The van der Waals surface area contributed by atoms with Crippen LogP contribution in [0.2, 0.25) is 0 Å². The van der Waals surface area contributed by atoms with Gasteiger partial charge in [-0.3, -0.25) is 4.79 Å². The zero-order valence-electron chi connectivity index (χ0n) is 16.0. The Hall–Kier alpha value is -2.82. The smallest absolute Gasteiger partial charge is 0.155 e. The first-order chi connectivity index (χ1) is 13.6. The van der Waals surface area contributed by atoms with Crippen molar-refractivity contribution in [2.24, 2.45) is 0 Å². The Bertz CT molecular complexity index is 965. The van der Waals surface area contributed by atoms with Crippen LogP contribution in [0.5, 0.6) is 0 Å². The molecule has 4 nitrogen and oxygen atoms in total. The van der Waals surface area contributed by atoms with E-state index in [-0.39, 0.29) is 17.0 Å². The summed E-state index contributed by atoms with van der Waals surface area (Å²) < 4.78 is 13.2. The molecule has 2 aliphatic rings. The third-order valence-corrected chi connectivity index (χ3v) is 6.12. The van der Waals surface area contributed by atoms with Gasteiger partial charge in [-0.05, 0) is 74.1 Å². The number of carbonyl (C=O) groups is 1. The highest BCUT2D eigenvalue weighted by Crippen LogP contribution is 2.48. The number of nitrogens with zero attached hydrogens (tertiary/aromatic N) is 1. The number of fused-ring (bicyclic) bond motifs is 3. The predicted molar refractivity (Wildman–Crippen MR) is 109 cm³/mol. The molecule has 1 aromatic heterocycles. The second-order valence-corrected chi connectivity index (χ2v) is 7.62. The SMILES string of the molecule is CCC12CCC(=O)C=C1CCCc1nc(Nc3ccc(F)cc3)c(C=N)cc12. The van der Waals surface area contributed by atoms with Crippen LogP contribution in [0.1, 0.15) is 55.8 Å². The van der Waals surface area contributed by atoms with E-state index in [0.29, 0.717) is 17.8 Å². The molecule has 1 heterocycles. The number of pyridine rings is 1. The van der Waals surface area contributed by atoms with Gasteiger partial charge in [0.15, 0.2) is 5.78 Å². The fraction of sp³-hybridized carbons (Fsp3) is 0.348. The summed E-state index contributed by atoms with van der Waals surface area (Å²) in [5.41, 5.74) is 4.71. The molecular weight excluding hydrogens is 353 g/mol. The van der Waals surface area contributed by atoms with Crippen LogP contribution in [0, 0.1) is 11.2 Å². The average Bonchev–Trinajstić information content (AvgIpc) is 2.85. The van der Waals surface area contributed by atoms with Gasteiger partial charge in [0.1, 0.15) is 11.6 Å². The van der Waals surface area contributed by atoms with Gasteiger partial charge < -0.3 is 10.7 Å². The van der Waals surface area contributed by atoms with Crippen LogP contribution in [-0.4, -0.2) is 17.0 Å². The van der Waals surface area contributed by atoms with Crippen molar-refractivity contribution in [3.63, 3.8) is 0 Å². The van der Waals surface area contributed by atoms with Gasteiger partial charge in [-0.15, -0.1) is 0 Å². The minimum atomic E-state index is -0.288. The van der Waals surface area contributed by atoms with Gasteiger partial charge in [-0.1, -0.05) is 12.5 Å². The first-order valence-corrected chi connectivity index (χ1v) is 9.87. The first kappa shape index (κ1) is 18.5. The van der Waals surface area contributed by atoms with Crippen LogP contribution in [0.25, 0.3) is 0 Å². The summed E-state index contributed by atoms with van der Waals surface area (Å²) in [5, 5.41) is 11.1. The van der Waals surface area contributed by atoms with Crippen LogP contribution in [0.4, 0.5) is 15.9 Å². The van der Waals surface area contributed by atoms with Gasteiger partial charge in [0.05, 0.1) is 0 Å². The third kappa shape index (κ3) is 3.15. The fourth-order valence-electron chi connectivity index (χ4n) is 4.61. The number of carbonyl (C=O) groups excluding carboxylic acids is 1. The Morgan fingerprint density at radius 2 is 2.04 bits per heavy atom. The second-order valence-electron chi connectivity index (χ2n) is 7.62. The normalized spacial score (nSPS) is 21.2. The Labute approximate surface area is 164 Å². The van der Waals surface area contributed by atoms with E-state index in [1.165, 1.54) is 23.9 Å². The molecule has 1 aromatic carbocycles. The molecule has 2 aliphatic carbocycles. The molecule has 0 saturated carbocycles. The van der Waals surface area contributed by atoms with Gasteiger partial charge in [-0.2, -0.15) is 0 Å². The fourth-order valence-corrected chi connectivity index (χ4v) is 4.61. The maximum atomic E-state index is 13.2. The third-order valence-electron chi connectivity index (χ3n) is 6.12. The molecular formula is C23H24FN3O. The number of nitrogens with one attached hydrogen (secondary N) is 2. The van der Waals surface area contributed by atoms with Gasteiger partial charge in [-0.25, -0.2) is 9.37 Å². The van der Waals surface area contributed by atoms with E-state index >= 15 is 0 Å². The van der Waals surface area contributed by atoms with Crippen molar-refractivity contribution in [3.05, 3.63) is 64.6 Å². The maximum absolute atomic E-state index is 13.2. The molecule has 0 fully saturated rings. The number of ketones is 1. The van der Waals surface area contributed by atoms with Crippen LogP contribution in [0.15, 0.2) is 42.0 Å². The topological polar surface area (TPSA) is 65.8 Å². The van der Waals surface area contributed by atoms with Crippen molar-refractivity contribution in [2.45, 2.75) is 50.9 Å². The molecule has 1 unspecified atom stereocenters. The largest absolute Gasteiger partial charge is 0.340 e. The van der Waals surface area contributed by atoms with E-state index in [4.69, 9.17) is 10.4 Å². The minimum Gasteiger partial charge on any atom is -0.340 e. The molecule has 0 radical (unpaired) electrons. The summed E-state index contributed by atoms with van der Waals surface area (Å²) in [6.45, 7) is 2.17. The van der Waals surface area contributed by atoms with Gasteiger partial charge in [0.2, 0.25) is 0 Å². The van der Waals surface area contributed by atoms with Crippen LogP contribution in [0.3, 0.4) is 0 Å². The summed E-state index contributed by atoms with van der Waals surface area (Å²) in [6, 6.07) is 8.20. The number of benzene rings is 1. The van der Waals surface area contributed by atoms with Crippen LogP contribution >= 0.6 is 0 Å². The number of hydrogen-bond acceptors (Lipinski definition) is 4. The lowest BCUT2D eigenvalue weighted by Gasteiger charge is -2.38. The molecule has 2 N–H and O–H groups in total. The number of rotatable bonds is 4. The summed E-state index contributed by atoms with van der Waals surface area (Å²) >= 11 is 0. The Kier molecular flexibility index (Phi) is 4.84. The monoisotopic (exact) mass is 377 g/mol. The highest BCUT2D eigenvalue weighted by atomic mass is 19.1. The van der Waals surface area contributed by atoms with E-state index in [9.17, 15) is 9.18 Å². The summed E-state index contributed by atoms with van der Waals surface area (Å²) in [4.78, 5) is 16.9. The first-order valence-electron chi connectivity index (χ1n) is 9.87. The van der Waals surface area contributed by atoms with Crippen LogP contribution in [-0.2, 0) is 16.6 Å². The van der Waals surface area contributed by atoms with Crippen molar-refractivity contribution < 1.29 is 9.18 Å². The lowest BCUT2D eigenvalue weighted by Crippen LogP contribution is -2.33. The molecule has 144 valence electrons. The van der Waals surface area contributed by atoms with Crippen molar-refractivity contribution in [1.82, 2.24) is 4.98 Å². The molecule has 0 spiro atoms. The van der Waals surface area contributed by atoms with E-state index in [1.807, 2.05) is 6.08 Å². The molecule has 0 aliphatic heterocycles. The summed E-state index contributed by atoms with van der Waals surface area (Å²) in [6.07, 6.45) is 8.18. The van der Waals surface area contributed by atoms with Crippen LogP contribution < -0.4 is 5.32 Å². The Morgan fingerprint density at radius 1 is 1.25 bits per heavy atom. The molecule has 0 saturated heterocycles. The molecule has 5 heteroatoms. The lowest BCUT2D eigenvalue weighted by atomic mass is 9.65. The Balaban J connectivity index is 1.82. The maximum Gasteiger partial charge on any atom is 0.155 e. The highest BCUT2D eigenvalue weighted by Gasteiger charge is 2.41. The quantitative estimate of drug-likeness (QED) is 0.717. The summed E-state index contributed by atoms with van der Waals surface area (Å²) in [5.74, 6) is 0.548. The highest BCUT2D eigenvalue weighted by molar-refractivity contribution is 5.92. The Morgan fingerprint density at radius 3 is 2.75 bits per heavy atom. The van der Waals surface area contributed by atoms with Crippen molar-refractivity contribution in [1.29, 1.82) is 5.41 Å². The number of halogens is 1. The molecule has 0 amide bonds. The number of hydrogen-bond donors (Lipinski definition) is 2. The van der Waals surface area contributed by atoms with E-state index in [2.05, 4.69) is 18.3 Å². The number of aromatic nitrogens is 1. The zero-order chi connectivity index (χ0) is 19.7. The van der Waals surface area contributed by atoms with E-state index < -0.39 is 0 Å². The molecule has 0 bridgehead atoms. The molecule has 4 rings (SSSR count). The number of anilines is 2. The second kappa shape index (κ2) is 7.30.